The van der Waals surface area contributed by atoms with Gasteiger partial charge in [0.1, 0.15) is 11.0 Å². The molecule has 0 bridgehead atoms. The lowest BCUT2D eigenvalue weighted by atomic mass is 10.1. The highest BCUT2D eigenvalue weighted by Gasteiger charge is 2.36. The summed E-state index contributed by atoms with van der Waals surface area (Å²) in [7, 11) is 1.29. The summed E-state index contributed by atoms with van der Waals surface area (Å²) in [5.74, 6) is 0. The van der Waals surface area contributed by atoms with Crippen LogP contribution in [-0.2, 0) is 13.2 Å². The Kier molecular flexibility index (Phi) is 2.26. The number of rotatable bonds is 1. The second-order valence-corrected chi connectivity index (χ2v) is 3.33. The van der Waals surface area contributed by atoms with Gasteiger partial charge in [-0.15, -0.1) is 5.10 Å². The minimum atomic E-state index is -4.69. The van der Waals surface area contributed by atoms with Crippen molar-refractivity contribution in [1.29, 1.82) is 0 Å². The van der Waals surface area contributed by atoms with E-state index in [0.717, 1.165) is 10.7 Å². The maximum atomic E-state index is 12.7. The summed E-state index contributed by atoms with van der Waals surface area (Å²) in [6.45, 7) is 0. The van der Waals surface area contributed by atoms with Crippen LogP contribution in [0.5, 0.6) is 0 Å². The molecule has 2 rings (SSSR count). The van der Waals surface area contributed by atoms with Crippen molar-refractivity contribution >= 4 is 16.7 Å². The summed E-state index contributed by atoms with van der Waals surface area (Å²) in [6.07, 6.45) is -4.69. The van der Waals surface area contributed by atoms with Crippen LogP contribution in [-0.4, -0.2) is 19.9 Å². The number of non-ortho nitro benzene ring substituents is 1. The first-order chi connectivity index (χ1) is 7.80. The fraction of sp³-hybridized carbons (Fsp3) is 0.250. The van der Waals surface area contributed by atoms with Crippen molar-refractivity contribution in [3.63, 3.8) is 0 Å². The normalized spacial score (nSPS) is 12.0. The Balaban J connectivity index is 2.86. The van der Waals surface area contributed by atoms with Gasteiger partial charge in [0.15, 0.2) is 0 Å². The van der Waals surface area contributed by atoms with E-state index in [4.69, 9.17) is 0 Å². The topological polar surface area (TPSA) is 73.8 Å². The number of alkyl halides is 3. The molecule has 0 fully saturated rings. The lowest BCUT2D eigenvalue weighted by Gasteiger charge is -2.08. The Labute approximate surface area is 91.8 Å². The van der Waals surface area contributed by atoms with Gasteiger partial charge >= 0.3 is 6.18 Å². The zero-order valence-corrected chi connectivity index (χ0v) is 8.39. The Morgan fingerprint density at radius 1 is 1.41 bits per heavy atom. The number of hydrogen-bond donors (Lipinski definition) is 0. The van der Waals surface area contributed by atoms with Gasteiger partial charge in [0, 0.05) is 19.2 Å². The second-order valence-electron chi connectivity index (χ2n) is 3.33. The van der Waals surface area contributed by atoms with Gasteiger partial charge < -0.3 is 0 Å². The van der Waals surface area contributed by atoms with Crippen LogP contribution in [0.1, 0.15) is 5.56 Å². The zero-order valence-electron chi connectivity index (χ0n) is 8.39. The van der Waals surface area contributed by atoms with Crippen molar-refractivity contribution in [3.8, 4) is 0 Å². The maximum absolute atomic E-state index is 12.7. The van der Waals surface area contributed by atoms with Crippen molar-refractivity contribution in [2.24, 2.45) is 7.05 Å². The Hall–Kier alpha value is -2.19. The average Bonchev–Trinajstić information content (AvgIpc) is 2.58. The molecule has 1 heterocycles. The van der Waals surface area contributed by atoms with Crippen molar-refractivity contribution in [3.05, 3.63) is 27.8 Å². The molecule has 0 atom stereocenters. The van der Waals surface area contributed by atoms with Crippen LogP contribution in [0.4, 0.5) is 18.9 Å². The molecule has 1 aromatic heterocycles. The summed E-state index contributed by atoms with van der Waals surface area (Å²) in [6, 6.07) is 1.43. The smallest absolute Gasteiger partial charge is 0.258 e. The quantitative estimate of drug-likeness (QED) is 0.568. The third-order valence-electron chi connectivity index (χ3n) is 2.20. The van der Waals surface area contributed by atoms with Crippen molar-refractivity contribution in [2.75, 3.05) is 0 Å². The standard InChI is InChI=1S/C8H5F3N4O2/c1-14-7-5(8(9,10)11)2-4(15(16)17)3-6(7)12-13-14/h2-3H,1H3. The van der Waals surface area contributed by atoms with Crippen LogP contribution in [0.25, 0.3) is 11.0 Å². The molecule has 0 saturated heterocycles. The number of aromatic nitrogens is 3. The minimum Gasteiger partial charge on any atom is -0.258 e. The van der Waals surface area contributed by atoms with Crippen LogP contribution in [0, 0.1) is 10.1 Å². The number of fused-ring (bicyclic) bond motifs is 1. The molecule has 90 valence electrons. The van der Waals surface area contributed by atoms with Gasteiger partial charge in [-0.05, 0) is 0 Å². The highest BCUT2D eigenvalue weighted by Crippen LogP contribution is 2.36. The van der Waals surface area contributed by atoms with Crippen molar-refractivity contribution < 1.29 is 18.1 Å². The fourth-order valence-corrected chi connectivity index (χ4v) is 1.50. The third-order valence-corrected chi connectivity index (χ3v) is 2.20. The lowest BCUT2D eigenvalue weighted by molar-refractivity contribution is -0.385. The lowest BCUT2D eigenvalue weighted by Crippen LogP contribution is -2.08. The van der Waals surface area contributed by atoms with Gasteiger partial charge in [-0.1, -0.05) is 5.21 Å². The molecule has 1 aromatic carbocycles. The van der Waals surface area contributed by atoms with E-state index in [1.54, 1.807) is 0 Å². The SMILES string of the molecule is Cn1nnc2cc([N+](=O)[O-])cc(C(F)(F)F)c21. The molecule has 0 aliphatic heterocycles. The fourth-order valence-electron chi connectivity index (χ4n) is 1.50. The summed E-state index contributed by atoms with van der Waals surface area (Å²) in [4.78, 5) is 9.61. The molecule has 0 saturated carbocycles. The molecule has 0 amide bonds. The number of nitrogens with zero attached hydrogens (tertiary/aromatic N) is 4. The van der Waals surface area contributed by atoms with E-state index < -0.39 is 22.4 Å². The van der Waals surface area contributed by atoms with E-state index in [-0.39, 0.29) is 11.0 Å². The summed E-state index contributed by atoms with van der Waals surface area (Å²) in [5.41, 5.74) is -2.21. The van der Waals surface area contributed by atoms with Gasteiger partial charge in [0.05, 0.1) is 10.5 Å². The van der Waals surface area contributed by atoms with Gasteiger partial charge in [0.2, 0.25) is 0 Å². The molecule has 2 aromatic rings. The van der Waals surface area contributed by atoms with Gasteiger partial charge in [-0.3, -0.25) is 10.1 Å². The maximum Gasteiger partial charge on any atom is 0.418 e. The van der Waals surface area contributed by atoms with E-state index in [2.05, 4.69) is 10.3 Å². The number of halogens is 3. The summed E-state index contributed by atoms with van der Waals surface area (Å²) < 4.78 is 39.1. The largest absolute Gasteiger partial charge is 0.418 e. The predicted molar refractivity (Wildman–Crippen MR) is 50.2 cm³/mol. The van der Waals surface area contributed by atoms with E-state index in [1.165, 1.54) is 7.05 Å². The molecule has 9 heteroatoms. The predicted octanol–water partition coefficient (Wildman–Crippen LogP) is 1.90. The highest BCUT2D eigenvalue weighted by molar-refractivity contribution is 5.81. The van der Waals surface area contributed by atoms with Crippen LogP contribution >= 0.6 is 0 Å². The van der Waals surface area contributed by atoms with Crippen molar-refractivity contribution in [2.45, 2.75) is 6.18 Å². The first-order valence-electron chi connectivity index (χ1n) is 4.35. The Morgan fingerprint density at radius 2 is 2.06 bits per heavy atom. The van der Waals surface area contributed by atoms with E-state index in [0.29, 0.717) is 6.07 Å². The van der Waals surface area contributed by atoms with Crippen molar-refractivity contribution in [1.82, 2.24) is 15.0 Å². The molecule has 6 nitrogen and oxygen atoms in total. The highest BCUT2D eigenvalue weighted by atomic mass is 19.4. The molecule has 0 spiro atoms. The number of nitro groups is 1. The Bertz CT molecular complexity index is 605. The third kappa shape index (κ3) is 1.79. The molecule has 0 N–H and O–H groups in total. The zero-order chi connectivity index (χ0) is 12.8. The first kappa shape index (κ1) is 11.3. The monoisotopic (exact) mass is 246 g/mol. The summed E-state index contributed by atoms with van der Waals surface area (Å²) >= 11 is 0. The molecule has 0 unspecified atom stereocenters. The Morgan fingerprint density at radius 3 is 2.59 bits per heavy atom. The molecular formula is C8H5F3N4O2. The molecule has 0 aliphatic carbocycles. The van der Waals surface area contributed by atoms with Crippen LogP contribution in [0.3, 0.4) is 0 Å². The summed E-state index contributed by atoms with van der Waals surface area (Å²) in [5, 5.41) is 17.4. The minimum absolute atomic E-state index is 0.158. The van der Waals surface area contributed by atoms with E-state index in [1.807, 2.05) is 0 Å². The van der Waals surface area contributed by atoms with Gasteiger partial charge in [-0.2, -0.15) is 13.2 Å². The number of nitro benzene ring substituents is 1. The number of benzene rings is 1. The molecular weight excluding hydrogens is 241 g/mol. The molecule has 0 aliphatic rings. The average molecular weight is 246 g/mol. The van der Waals surface area contributed by atoms with Crippen LogP contribution < -0.4 is 0 Å². The molecule has 0 radical (unpaired) electrons. The van der Waals surface area contributed by atoms with Gasteiger partial charge in [0.25, 0.3) is 5.69 Å². The van der Waals surface area contributed by atoms with E-state index >= 15 is 0 Å². The van der Waals surface area contributed by atoms with Crippen LogP contribution in [0.15, 0.2) is 12.1 Å². The number of aryl methyl sites for hydroxylation is 1. The van der Waals surface area contributed by atoms with E-state index in [9.17, 15) is 23.3 Å². The second kappa shape index (κ2) is 3.40. The molecule has 17 heavy (non-hydrogen) atoms. The number of hydrogen-bond acceptors (Lipinski definition) is 4. The van der Waals surface area contributed by atoms with Gasteiger partial charge in [-0.25, -0.2) is 4.68 Å². The van der Waals surface area contributed by atoms with Crippen LogP contribution in [0.2, 0.25) is 0 Å². The first-order valence-corrected chi connectivity index (χ1v) is 4.35.